The molecule has 0 aliphatic carbocycles. The molecular formula is C21H22N4O2S. The van der Waals surface area contributed by atoms with Gasteiger partial charge in [-0.2, -0.15) is 0 Å². The molecule has 1 atom stereocenters. The number of nitrogens with two attached hydrogens (primary N) is 1. The molecule has 0 unspecified atom stereocenters. The van der Waals surface area contributed by atoms with E-state index in [1.807, 2.05) is 32.0 Å². The first-order valence-electron chi connectivity index (χ1n) is 9.17. The van der Waals surface area contributed by atoms with Gasteiger partial charge in [0.05, 0.1) is 17.4 Å². The molecule has 1 aromatic carbocycles. The van der Waals surface area contributed by atoms with Crippen LogP contribution in [0.3, 0.4) is 0 Å². The van der Waals surface area contributed by atoms with Gasteiger partial charge in [-0.1, -0.05) is 11.8 Å². The van der Waals surface area contributed by atoms with E-state index in [0.29, 0.717) is 10.9 Å². The van der Waals surface area contributed by atoms with Crippen LogP contribution in [0.1, 0.15) is 46.4 Å². The number of hydrogen-bond donors (Lipinski definition) is 1. The molecule has 2 N–H and O–H groups in total. The Morgan fingerprint density at radius 2 is 2.07 bits per heavy atom. The van der Waals surface area contributed by atoms with Gasteiger partial charge in [0, 0.05) is 29.3 Å². The van der Waals surface area contributed by atoms with Gasteiger partial charge < -0.3 is 10.2 Å². The summed E-state index contributed by atoms with van der Waals surface area (Å²) < 4.78 is 5.99. The summed E-state index contributed by atoms with van der Waals surface area (Å²) in [7, 11) is 0. The molecule has 7 heteroatoms. The highest BCUT2D eigenvalue weighted by atomic mass is 32.2. The highest BCUT2D eigenvalue weighted by Crippen LogP contribution is 2.40. The third-order valence-electron chi connectivity index (χ3n) is 5.01. The van der Waals surface area contributed by atoms with Crippen molar-refractivity contribution in [2.75, 3.05) is 5.75 Å². The third-order valence-corrected chi connectivity index (χ3v) is 5.80. The van der Waals surface area contributed by atoms with Gasteiger partial charge in [0.25, 0.3) is 0 Å². The van der Waals surface area contributed by atoms with Crippen molar-refractivity contribution in [2.24, 2.45) is 10.7 Å². The number of rotatable bonds is 4. The molecule has 1 aliphatic heterocycles. The van der Waals surface area contributed by atoms with Gasteiger partial charge in [-0.15, -0.1) is 0 Å². The topological polar surface area (TPSA) is 94.4 Å². The predicted octanol–water partition coefficient (Wildman–Crippen LogP) is 3.93. The molecule has 1 aliphatic rings. The number of aliphatic imine (C=N–C) groups is 1. The zero-order valence-corrected chi connectivity index (χ0v) is 17.0. The first-order chi connectivity index (χ1) is 13.3. The van der Waals surface area contributed by atoms with Crippen molar-refractivity contribution >= 4 is 33.7 Å². The molecule has 0 amide bonds. The number of aromatic nitrogens is 2. The fourth-order valence-electron chi connectivity index (χ4n) is 3.54. The molecule has 28 heavy (non-hydrogen) atoms. The number of thioether (sulfide) groups is 1. The van der Waals surface area contributed by atoms with Crippen LogP contribution in [0.15, 0.2) is 40.0 Å². The molecule has 0 saturated carbocycles. The van der Waals surface area contributed by atoms with E-state index in [1.54, 1.807) is 18.0 Å². The van der Waals surface area contributed by atoms with E-state index >= 15 is 0 Å². The number of furan rings is 1. The smallest absolute Gasteiger partial charge is 0.187 e. The van der Waals surface area contributed by atoms with Crippen molar-refractivity contribution in [3.05, 3.63) is 58.9 Å². The number of Topliss-reactive ketones (excluding diaryl/α,β-unsaturated/α-hetero) is 1. The maximum atomic E-state index is 12.7. The molecule has 2 aromatic heterocycles. The van der Waals surface area contributed by atoms with E-state index in [4.69, 9.17) is 15.1 Å². The molecule has 0 fully saturated rings. The molecule has 0 saturated heterocycles. The highest BCUT2D eigenvalue weighted by molar-refractivity contribution is 8.13. The van der Waals surface area contributed by atoms with E-state index in [0.717, 1.165) is 45.7 Å². The van der Waals surface area contributed by atoms with E-state index in [-0.39, 0.29) is 12.2 Å². The number of ketones is 1. The number of amidine groups is 1. The van der Waals surface area contributed by atoms with Crippen LogP contribution < -0.4 is 5.73 Å². The van der Waals surface area contributed by atoms with E-state index in [2.05, 4.69) is 16.9 Å². The van der Waals surface area contributed by atoms with Crippen LogP contribution in [-0.4, -0.2) is 26.7 Å². The zero-order chi connectivity index (χ0) is 19.9. The largest absolute Gasteiger partial charge is 0.461 e. The maximum Gasteiger partial charge on any atom is 0.187 e. The number of carbonyl (C=O) groups excluding carboxylic acids is 1. The summed E-state index contributed by atoms with van der Waals surface area (Å²) in [5, 5.41) is 1.56. The first-order valence-corrected chi connectivity index (χ1v) is 10.2. The lowest BCUT2D eigenvalue weighted by Gasteiger charge is -2.30. The molecule has 4 rings (SSSR count). The number of carbonyl (C=O) groups is 1. The number of aryl methyl sites for hydroxylation is 2. The van der Waals surface area contributed by atoms with Crippen LogP contribution in [0.2, 0.25) is 0 Å². The Labute approximate surface area is 167 Å². The second-order valence-corrected chi connectivity index (χ2v) is 8.50. The summed E-state index contributed by atoms with van der Waals surface area (Å²) in [5.41, 5.74) is 9.40. The summed E-state index contributed by atoms with van der Waals surface area (Å²) in [6, 6.07) is 6.02. The monoisotopic (exact) mass is 394 g/mol. The Hall–Kier alpha value is -2.67. The molecule has 6 nitrogen and oxygen atoms in total. The Morgan fingerprint density at radius 1 is 1.25 bits per heavy atom. The fraction of sp³-hybridized carbons (Fsp3) is 0.333. The van der Waals surface area contributed by atoms with Crippen molar-refractivity contribution in [1.82, 2.24) is 9.97 Å². The minimum absolute atomic E-state index is 0.0645. The molecule has 0 spiro atoms. The maximum absolute atomic E-state index is 12.7. The van der Waals surface area contributed by atoms with Crippen molar-refractivity contribution < 1.29 is 9.21 Å². The summed E-state index contributed by atoms with van der Waals surface area (Å²) in [6.07, 6.45) is 4.24. The van der Waals surface area contributed by atoms with Crippen LogP contribution >= 0.6 is 11.8 Å². The fourth-order valence-corrected chi connectivity index (χ4v) is 4.51. The average molecular weight is 395 g/mol. The van der Waals surface area contributed by atoms with Crippen LogP contribution in [-0.2, 0) is 12.0 Å². The quantitative estimate of drug-likeness (QED) is 0.674. The van der Waals surface area contributed by atoms with Gasteiger partial charge in [-0.05, 0) is 51.0 Å². The summed E-state index contributed by atoms with van der Waals surface area (Å²) in [6.45, 7) is 5.84. The number of fused-ring (bicyclic) bond motifs is 1. The van der Waals surface area contributed by atoms with Gasteiger partial charge in [0.1, 0.15) is 17.0 Å². The van der Waals surface area contributed by atoms with Gasteiger partial charge in [-0.25, -0.2) is 4.98 Å². The van der Waals surface area contributed by atoms with Crippen LogP contribution in [0.5, 0.6) is 0 Å². The summed E-state index contributed by atoms with van der Waals surface area (Å²) in [4.78, 5) is 25.8. The van der Waals surface area contributed by atoms with Crippen LogP contribution in [0.4, 0.5) is 0 Å². The molecular weight excluding hydrogens is 372 g/mol. The van der Waals surface area contributed by atoms with Gasteiger partial charge in [-0.3, -0.25) is 14.8 Å². The summed E-state index contributed by atoms with van der Waals surface area (Å²) >= 11 is 1.57. The first kappa shape index (κ1) is 18.7. The van der Waals surface area contributed by atoms with E-state index in [9.17, 15) is 4.79 Å². The van der Waals surface area contributed by atoms with Gasteiger partial charge in [0.2, 0.25) is 0 Å². The molecule has 0 radical (unpaired) electrons. The van der Waals surface area contributed by atoms with Crippen molar-refractivity contribution in [1.29, 1.82) is 0 Å². The van der Waals surface area contributed by atoms with Crippen LogP contribution in [0, 0.1) is 13.8 Å². The second-order valence-electron chi connectivity index (χ2n) is 7.38. The number of hydrogen-bond acceptors (Lipinski definition) is 7. The van der Waals surface area contributed by atoms with Gasteiger partial charge in [0.15, 0.2) is 11.0 Å². The lowest BCUT2D eigenvalue weighted by molar-refractivity contribution is 0.0988. The Morgan fingerprint density at radius 3 is 2.79 bits per heavy atom. The standard InChI is InChI=1S/C21H22N4O2S/c1-12-10-24-17(11-23-12)18(26)9-14-7-15-6-13(2)27-19(15)16(8-14)21(3)4-5-28-20(22)25-21/h6-8,10-11H,4-5,9H2,1-3H3,(H2,22,25)/t21-/m0/s1. The minimum atomic E-state index is -0.472. The highest BCUT2D eigenvalue weighted by Gasteiger charge is 2.33. The third kappa shape index (κ3) is 3.54. The van der Waals surface area contributed by atoms with E-state index < -0.39 is 5.54 Å². The van der Waals surface area contributed by atoms with Crippen LogP contribution in [0.25, 0.3) is 11.0 Å². The Balaban J connectivity index is 1.77. The molecule has 3 aromatic rings. The molecule has 0 bridgehead atoms. The molecule has 3 heterocycles. The van der Waals surface area contributed by atoms with E-state index in [1.165, 1.54) is 6.20 Å². The molecule has 144 valence electrons. The predicted molar refractivity (Wildman–Crippen MR) is 112 cm³/mol. The summed E-state index contributed by atoms with van der Waals surface area (Å²) in [5.74, 6) is 1.66. The SMILES string of the molecule is Cc1cnc(C(=O)Cc2cc([C@]3(C)CCSC(N)=N3)c3oc(C)cc3c2)cn1. The second kappa shape index (κ2) is 7.05. The zero-order valence-electron chi connectivity index (χ0n) is 16.2. The Bertz CT molecular complexity index is 1090. The van der Waals surface area contributed by atoms with Gasteiger partial charge >= 0.3 is 0 Å². The minimum Gasteiger partial charge on any atom is -0.461 e. The lowest BCUT2D eigenvalue weighted by atomic mass is 9.86. The Kier molecular flexibility index (Phi) is 4.71. The average Bonchev–Trinajstić information content (AvgIpc) is 3.01. The lowest BCUT2D eigenvalue weighted by Crippen LogP contribution is -2.29. The van der Waals surface area contributed by atoms with Crippen molar-refractivity contribution in [3.8, 4) is 0 Å². The van der Waals surface area contributed by atoms with Crippen molar-refractivity contribution in [2.45, 2.75) is 39.2 Å². The van der Waals surface area contributed by atoms with Crippen molar-refractivity contribution in [3.63, 3.8) is 0 Å². The number of benzene rings is 1. The number of nitrogens with zero attached hydrogens (tertiary/aromatic N) is 3. The normalized spacial score (nSPS) is 19.6.